The number of anilines is 2. The van der Waals surface area contributed by atoms with E-state index in [-0.39, 0.29) is 59.3 Å². The molecule has 1 saturated carbocycles. The molecule has 2 atom stereocenters. The summed E-state index contributed by atoms with van der Waals surface area (Å²) in [7, 11) is 0. The second kappa shape index (κ2) is 12.4. The summed E-state index contributed by atoms with van der Waals surface area (Å²) < 4.78 is 0. The normalized spacial score (nSPS) is 24.9. The topological polar surface area (TPSA) is 225 Å². The third-order valence-electron chi connectivity index (χ3n) is 9.92. The molecule has 2 aromatic rings. The lowest BCUT2D eigenvalue weighted by Gasteiger charge is -2.28. The van der Waals surface area contributed by atoms with E-state index in [1.807, 2.05) is 0 Å². The van der Waals surface area contributed by atoms with Crippen LogP contribution in [0.1, 0.15) is 92.8 Å². The van der Waals surface area contributed by atoms with Crippen LogP contribution in [0.25, 0.3) is 0 Å². The quantitative estimate of drug-likeness (QED) is 0.315. The maximum atomic E-state index is 13.4. The van der Waals surface area contributed by atoms with Gasteiger partial charge >= 0.3 is 0 Å². The molecule has 2 saturated heterocycles. The van der Waals surface area contributed by atoms with Crippen LogP contribution in [0.15, 0.2) is 36.4 Å². The van der Waals surface area contributed by atoms with E-state index >= 15 is 0 Å². The number of nitrogens with one attached hydrogen (secondary N) is 4. The highest BCUT2D eigenvalue weighted by molar-refractivity contribution is 6.27. The van der Waals surface area contributed by atoms with Gasteiger partial charge in [0.05, 0.1) is 33.6 Å². The number of rotatable bonds is 6. The number of fused-ring (bicyclic) bond motifs is 2. The maximum Gasteiger partial charge on any atom is 0.264 e. The molecular formula is C34H30N6O10. The zero-order valence-electron chi connectivity index (χ0n) is 26.4. The monoisotopic (exact) mass is 682 g/mol. The van der Waals surface area contributed by atoms with Crippen LogP contribution in [0.5, 0.6) is 0 Å². The van der Waals surface area contributed by atoms with Crippen molar-refractivity contribution in [3.8, 4) is 0 Å². The van der Waals surface area contributed by atoms with Crippen LogP contribution in [-0.4, -0.2) is 81.0 Å². The van der Waals surface area contributed by atoms with Crippen molar-refractivity contribution in [3.63, 3.8) is 0 Å². The fourth-order valence-electron chi connectivity index (χ4n) is 7.33. The van der Waals surface area contributed by atoms with Crippen LogP contribution in [0.3, 0.4) is 0 Å². The molecular weight excluding hydrogens is 652 g/mol. The van der Waals surface area contributed by atoms with Crippen LogP contribution in [-0.2, 0) is 28.8 Å². The SMILES string of the molecule is O=C1CCC(N2C(=O)c3cccc(NC(=O)C4CCC(C(=O)Nc5cccc6c5C(=O)N(C5CCC(=O)NC5=O)C6=O)CC4)c3C2=O)C(=O)N1. The third kappa shape index (κ3) is 5.41. The van der Waals surface area contributed by atoms with Crippen molar-refractivity contribution < 1.29 is 47.9 Å². The van der Waals surface area contributed by atoms with E-state index in [4.69, 9.17) is 0 Å². The number of benzene rings is 2. The van der Waals surface area contributed by atoms with E-state index < -0.39 is 83.0 Å². The summed E-state index contributed by atoms with van der Waals surface area (Å²) in [5, 5.41) is 9.78. The van der Waals surface area contributed by atoms with E-state index in [0.717, 1.165) is 9.80 Å². The first kappa shape index (κ1) is 32.5. The fraction of sp³-hybridized carbons (Fsp3) is 0.353. The molecule has 0 radical (unpaired) electrons. The number of amides is 10. The molecule has 4 heterocycles. The number of carbonyl (C=O) groups excluding carboxylic acids is 10. The van der Waals surface area contributed by atoms with Gasteiger partial charge in [-0.1, -0.05) is 12.1 Å². The first-order valence-electron chi connectivity index (χ1n) is 16.3. The average Bonchev–Trinajstić information content (AvgIpc) is 3.50. The van der Waals surface area contributed by atoms with Gasteiger partial charge in [-0.25, -0.2) is 0 Å². The molecule has 0 aromatic heterocycles. The Morgan fingerprint density at radius 3 is 1.28 bits per heavy atom. The molecule has 4 aliphatic heterocycles. The molecule has 16 heteroatoms. The largest absolute Gasteiger partial charge is 0.325 e. The first-order valence-corrected chi connectivity index (χ1v) is 16.3. The molecule has 2 unspecified atom stereocenters. The number of hydrogen-bond donors (Lipinski definition) is 4. The van der Waals surface area contributed by atoms with E-state index in [0.29, 0.717) is 25.7 Å². The van der Waals surface area contributed by atoms with Crippen molar-refractivity contribution in [2.75, 3.05) is 10.6 Å². The molecule has 256 valence electrons. The standard InChI is InChI=1S/C34H30N6O10/c41-23-13-11-21(29(45)37-23)39-31(47)17-3-1-5-19(25(17)33(39)49)35-27(43)15-7-9-16(10-8-15)28(44)36-20-6-2-4-18-26(20)34(50)40(32(18)48)22-12-14-24(42)38-30(22)46/h1-6,15-16,21-22H,7-14H2,(H,35,43)(H,36,44)(H,37,41,45)(H,38,42,46). The minimum atomic E-state index is -1.15. The van der Waals surface area contributed by atoms with Crippen LogP contribution in [0, 0.1) is 11.8 Å². The lowest BCUT2D eigenvalue weighted by molar-refractivity contribution is -0.137. The van der Waals surface area contributed by atoms with Crippen LogP contribution < -0.4 is 21.3 Å². The summed E-state index contributed by atoms with van der Waals surface area (Å²) in [4.78, 5) is 129. The molecule has 16 nitrogen and oxygen atoms in total. The van der Waals surface area contributed by atoms with Crippen molar-refractivity contribution in [3.05, 3.63) is 58.7 Å². The number of hydrogen-bond acceptors (Lipinski definition) is 10. The number of carbonyl (C=O) groups is 10. The minimum absolute atomic E-state index is 0.00334. The Balaban J connectivity index is 0.983. The lowest BCUT2D eigenvalue weighted by atomic mass is 9.81. The summed E-state index contributed by atoms with van der Waals surface area (Å²) in [5.41, 5.74) is 0.218. The zero-order valence-corrected chi connectivity index (χ0v) is 26.4. The first-order chi connectivity index (χ1) is 23.9. The molecule has 50 heavy (non-hydrogen) atoms. The molecule has 7 rings (SSSR count). The molecule has 0 bridgehead atoms. The van der Waals surface area contributed by atoms with E-state index in [1.165, 1.54) is 36.4 Å². The Labute approximate surface area is 283 Å². The Bertz CT molecular complexity index is 1820. The van der Waals surface area contributed by atoms with Crippen molar-refractivity contribution >= 4 is 70.4 Å². The van der Waals surface area contributed by atoms with Gasteiger partial charge in [-0.3, -0.25) is 68.4 Å². The molecule has 5 aliphatic rings. The fourth-order valence-corrected chi connectivity index (χ4v) is 7.33. The van der Waals surface area contributed by atoms with Gasteiger partial charge in [0.1, 0.15) is 12.1 Å². The molecule has 3 fully saturated rings. The van der Waals surface area contributed by atoms with E-state index in [1.54, 1.807) is 0 Å². The highest BCUT2D eigenvalue weighted by Crippen LogP contribution is 2.36. The third-order valence-corrected chi connectivity index (χ3v) is 9.92. The summed E-state index contributed by atoms with van der Waals surface area (Å²) >= 11 is 0. The van der Waals surface area contributed by atoms with Gasteiger partial charge in [-0.15, -0.1) is 0 Å². The number of imide groups is 4. The Morgan fingerprint density at radius 2 is 0.920 bits per heavy atom. The van der Waals surface area contributed by atoms with Gasteiger partial charge in [0.15, 0.2) is 0 Å². The molecule has 0 spiro atoms. The van der Waals surface area contributed by atoms with Crippen LogP contribution >= 0.6 is 0 Å². The maximum absolute atomic E-state index is 13.4. The van der Waals surface area contributed by atoms with Crippen LogP contribution in [0.2, 0.25) is 0 Å². The van der Waals surface area contributed by atoms with Crippen molar-refractivity contribution in [1.82, 2.24) is 20.4 Å². The molecule has 1 aliphatic carbocycles. The summed E-state index contributed by atoms with van der Waals surface area (Å²) in [5.74, 6) is -7.19. The number of nitrogens with zero attached hydrogens (tertiary/aromatic N) is 2. The minimum Gasteiger partial charge on any atom is -0.325 e. The van der Waals surface area contributed by atoms with Gasteiger partial charge in [-0.05, 0) is 62.8 Å². The second-order valence-electron chi connectivity index (χ2n) is 12.9. The van der Waals surface area contributed by atoms with Crippen molar-refractivity contribution in [1.29, 1.82) is 0 Å². The average molecular weight is 683 g/mol. The van der Waals surface area contributed by atoms with E-state index in [2.05, 4.69) is 21.3 Å². The summed E-state index contributed by atoms with van der Waals surface area (Å²) in [6, 6.07) is 6.56. The Hall–Kier alpha value is -6.06. The molecule has 2 aromatic carbocycles. The van der Waals surface area contributed by atoms with Crippen molar-refractivity contribution in [2.24, 2.45) is 11.8 Å². The van der Waals surface area contributed by atoms with Gasteiger partial charge < -0.3 is 10.6 Å². The van der Waals surface area contributed by atoms with Gasteiger partial charge in [0.2, 0.25) is 35.4 Å². The van der Waals surface area contributed by atoms with E-state index in [9.17, 15) is 47.9 Å². The van der Waals surface area contributed by atoms with Crippen molar-refractivity contribution in [2.45, 2.75) is 63.5 Å². The summed E-state index contributed by atoms with van der Waals surface area (Å²) in [6.45, 7) is 0. The smallest absolute Gasteiger partial charge is 0.264 e. The molecule has 4 N–H and O–H groups in total. The predicted molar refractivity (Wildman–Crippen MR) is 169 cm³/mol. The summed E-state index contributed by atoms with van der Waals surface area (Å²) in [6.07, 6.45) is 1.23. The predicted octanol–water partition coefficient (Wildman–Crippen LogP) is 0.873. The van der Waals surface area contributed by atoms with Gasteiger partial charge in [-0.2, -0.15) is 0 Å². The highest BCUT2D eigenvalue weighted by atomic mass is 16.2. The number of piperidine rings is 2. The van der Waals surface area contributed by atoms with Gasteiger partial charge in [0, 0.05) is 24.7 Å². The zero-order chi connectivity index (χ0) is 35.4. The van der Waals surface area contributed by atoms with Crippen LogP contribution in [0.4, 0.5) is 11.4 Å². The second-order valence-corrected chi connectivity index (χ2v) is 12.9. The Kier molecular flexibility index (Phi) is 8.08. The molecule has 10 amide bonds. The van der Waals surface area contributed by atoms with Gasteiger partial charge in [0.25, 0.3) is 23.6 Å². The highest BCUT2D eigenvalue weighted by Gasteiger charge is 2.47. The Morgan fingerprint density at radius 1 is 0.540 bits per heavy atom. The lowest BCUT2D eigenvalue weighted by Crippen LogP contribution is -2.54.